The molecule has 1 fully saturated rings. The molecule has 118 valence electrons. The largest absolute Gasteiger partial charge is 0.463 e. The highest BCUT2D eigenvalue weighted by Gasteiger charge is 2.22. The fourth-order valence-corrected chi connectivity index (χ4v) is 3.22. The van der Waals surface area contributed by atoms with E-state index >= 15 is 0 Å². The van der Waals surface area contributed by atoms with Crippen LogP contribution in [0.3, 0.4) is 0 Å². The summed E-state index contributed by atoms with van der Waals surface area (Å²) in [5.41, 5.74) is 2.37. The Morgan fingerprint density at radius 1 is 1.29 bits per heavy atom. The lowest BCUT2D eigenvalue weighted by Crippen LogP contribution is -2.29. The molecule has 1 aliphatic heterocycles. The van der Waals surface area contributed by atoms with Crippen molar-refractivity contribution in [1.29, 1.82) is 0 Å². The molecule has 9 nitrogen and oxygen atoms in total. The summed E-state index contributed by atoms with van der Waals surface area (Å²) in [7, 11) is -2.98. The number of anilines is 2. The molecule has 0 aliphatic carbocycles. The summed E-state index contributed by atoms with van der Waals surface area (Å²) < 4.78 is 28.7. The fraction of sp³-hybridized carbons (Fsp3) is 0.727. The molecule has 2 heterocycles. The van der Waals surface area contributed by atoms with Crippen molar-refractivity contribution in [3.63, 3.8) is 0 Å². The molecule has 0 aromatic carbocycles. The summed E-state index contributed by atoms with van der Waals surface area (Å²) in [6.07, 6.45) is 1.37. The normalized spacial score (nSPS) is 18.1. The Labute approximate surface area is 123 Å². The van der Waals surface area contributed by atoms with Crippen molar-refractivity contribution < 1.29 is 13.2 Å². The van der Waals surface area contributed by atoms with Crippen LogP contribution in [0, 0.1) is 0 Å². The van der Waals surface area contributed by atoms with Gasteiger partial charge >= 0.3 is 6.01 Å². The molecule has 0 unspecified atom stereocenters. The third-order valence-electron chi connectivity index (χ3n) is 3.01. The van der Waals surface area contributed by atoms with E-state index in [4.69, 9.17) is 10.6 Å². The zero-order chi connectivity index (χ0) is 15.3. The van der Waals surface area contributed by atoms with Crippen LogP contribution in [0.15, 0.2) is 0 Å². The minimum Gasteiger partial charge on any atom is -0.463 e. The summed E-state index contributed by atoms with van der Waals surface area (Å²) in [6.45, 7) is 3.38. The van der Waals surface area contributed by atoms with E-state index < -0.39 is 9.84 Å². The summed E-state index contributed by atoms with van der Waals surface area (Å²) >= 11 is 0. The maximum absolute atomic E-state index is 11.6. The molecule has 0 atom stereocenters. The van der Waals surface area contributed by atoms with Gasteiger partial charge in [-0.05, 0) is 12.8 Å². The number of hydrogen-bond acceptors (Lipinski definition) is 9. The SMILES string of the molecule is CCCOc1nc(NN)nc(N2CCCS(=O)(=O)CC2)n1. The molecule has 3 N–H and O–H groups in total. The number of nitrogens with two attached hydrogens (primary N) is 1. The lowest BCUT2D eigenvalue weighted by atomic mass is 10.4. The first-order chi connectivity index (χ1) is 10.0. The van der Waals surface area contributed by atoms with Crippen LogP contribution in [-0.4, -0.2) is 54.6 Å². The van der Waals surface area contributed by atoms with Crippen molar-refractivity contribution >= 4 is 21.7 Å². The highest BCUT2D eigenvalue weighted by atomic mass is 32.2. The number of ether oxygens (including phenoxy) is 1. The van der Waals surface area contributed by atoms with Gasteiger partial charge in [-0.25, -0.2) is 14.3 Å². The molecule has 0 saturated carbocycles. The predicted octanol–water partition coefficient (Wildman–Crippen LogP) is -0.429. The third-order valence-corrected chi connectivity index (χ3v) is 4.72. The molecule has 0 amide bonds. The average Bonchev–Trinajstić information content (AvgIpc) is 2.65. The van der Waals surface area contributed by atoms with Gasteiger partial charge in [-0.2, -0.15) is 15.0 Å². The van der Waals surface area contributed by atoms with Crippen molar-refractivity contribution in [3.8, 4) is 6.01 Å². The lowest BCUT2D eigenvalue weighted by molar-refractivity contribution is 0.292. The Bertz CT molecular complexity index is 579. The second-order valence-electron chi connectivity index (χ2n) is 4.73. The zero-order valence-corrected chi connectivity index (χ0v) is 12.8. The van der Waals surface area contributed by atoms with Crippen LogP contribution in [0.5, 0.6) is 6.01 Å². The molecule has 21 heavy (non-hydrogen) atoms. The molecule has 1 saturated heterocycles. The van der Waals surface area contributed by atoms with E-state index in [1.807, 2.05) is 11.8 Å². The summed E-state index contributed by atoms with van der Waals surface area (Å²) in [6, 6.07) is 0.182. The molecule has 1 aromatic heterocycles. The van der Waals surface area contributed by atoms with Crippen molar-refractivity contribution in [3.05, 3.63) is 0 Å². The Balaban J connectivity index is 2.21. The predicted molar refractivity (Wildman–Crippen MR) is 78.9 cm³/mol. The molecular formula is C11H20N6O3S. The Kier molecular flexibility index (Phi) is 5.12. The number of nitrogens with one attached hydrogen (secondary N) is 1. The highest BCUT2D eigenvalue weighted by Crippen LogP contribution is 2.17. The highest BCUT2D eigenvalue weighted by molar-refractivity contribution is 7.91. The number of hydrazine groups is 1. The summed E-state index contributed by atoms with van der Waals surface area (Å²) in [5.74, 6) is 6.20. The average molecular weight is 316 g/mol. The van der Waals surface area contributed by atoms with Crippen LogP contribution in [0.4, 0.5) is 11.9 Å². The maximum Gasteiger partial charge on any atom is 0.323 e. The van der Waals surface area contributed by atoms with Gasteiger partial charge in [0, 0.05) is 13.1 Å². The van der Waals surface area contributed by atoms with Gasteiger partial charge in [0.25, 0.3) is 0 Å². The van der Waals surface area contributed by atoms with Crippen molar-refractivity contribution in [2.45, 2.75) is 19.8 Å². The molecule has 1 aliphatic rings. The minimum atomic E-state index is -2.98. The number of sulfone groups is 1. The molecule has 10 heteroatoms. The van der Waals surface area contributed by atoms with Crippen molar-refractivity contribution in [2.75, 3.05) is 41.5 Å². The first kappa shape index (κ1) is 15.7. The summed E-state index contributed by atoms with van der Waals surface area (Å²) in [5, 5.41) is 0. The molecule has 0 bridgehead atoms. The molecule has 0 spiro atoms. The first-order valence-electron chi connectivity index (χ1n) is 6.85. The Morgan fingerprint density at radius 2 is 2.10 bits per heavy atom. The molecule has 2 rings (SSSR count). The quantitative estimate of drug-likeness (QED) is 0.550. The number of nitrogens with zero attached hydrogens (tertiary/aromatic N) is 4. The van der Waals surface area contributed by atoms with Gasteiger partial charge in [0.2, 0.25) is 11.9 Å². The van der Waals surface area contributed by atoms with Gasteiger partial charge in [-0.3, -0.25) is 5.43 Å². The monoisotopic (exact) mass is 316 g/mol. The Hall–Kier alpha value is -1.68. The van der Waals surface area contributed by atoms with Crippen molar-refractivity contribution in [1.82, 2.24) is 15.0 Å². The van der Waals surface area contributed by atoms with Gasteiger partial charge in [0.15, 0.2) is 9.84 Å². The summed E-state index contributed by atoms with van der Waals surface area (Å²) in [4.78, 5) is 14.2. The smallest absolute Gasteiger partial charge is 0.323 e. The lowest BCUT2D eigenvalue weighted by Gasteiger charge is -2.20. The first-order valence-corrected chi connectivity index (χ1v) is 8.67. The van der Waals surface area contributed by atoms with Crippen LogP contribution < -0.4 is 20.9 Å². The standard InChI is InChI=1S/C11H20N6O3S/c1-2-6-20-11-14-9(16-12)13-10(15-11)17-4-3-7-21(18,19)8-5-17/h2-8,12H2,1H3,(H,13,14,15,16). The zero-order valence-electron chi connectivity index (χ0n) is 11.9. The van der Waals surface area contributed by atoms with Crippen LogP contribution in [-0.2, 0) is 9.84 Å². The van der Waals surface area contributed by atoms with Crippen LogP contribution in [0.25, 0.3) is 0 Å². The molecule has 1 aromatic rings. The van der Waals surface area contributed by atoms with Gasteiger partial charge in [-0.1, -0.05) is 6.92 Å². The van der Waals surface area contributed by atoms with Gasteiger partial charge < -0.3 is 9.64 Å². The third kappa shape index (κ3) is 4.39. The number of nitrogen functional groups attached to an aromatic ring is 1. The van der Waals surface area contributed by atoms with E-state index in [9.17, 15) is 8.42 Å². The van der Waals surface area contributed by atoms with Gasteiger partial charge in [0.05, 0.1) is 18.1 Å². The number of hydrogen-bond donors (Lipinski definition) is 2. The second kappa shape index (κ2) is 6.85. The van der Waals surface area contributed by atoms with Crippen LogP contribution in [0.1, 0.15) is 19.8 Å². The Morgan fingerprint density at radius 3 is 2.81 bits per heavy atom. The van der Waals surface area contributed by atoms with E-state index in [-0.39, 0.29) is 23.5 Å². The number of aromatic nitrogens is 3. The van der Waals surface area contributed by atoms with Gasteiger partial charge in [0.1, 0.15) is 0 Å². The van der Waals surface area contributed by atoms with Crippen LogP contribution >= 0.6 is 0 Å². The van der Waals surface area contributed by atoms with Crippen molar-refractivity contribution in [2.24, 2.45) is 5.84 Å². The topological polar surface area (TPSA) is 123 Å². The minimum absolute atomic E-state index is 0.0925. The molecular weight excluding hydrogens is 296 g/mol. The maximum atomic E-state index is 11.6. The molecule has 0 radical (unpaired) electrons. The fourth-order valence-electron chi connectivity index (χ4n) is 1.95. The van der Waals surface area contributed by atoms with Gasteiger partial charge in [-0.15, -0.1) is 0 Å². The number of rotatable bonds is 5. The van der Waals surface area contributed by atoms with E-state index in [1.54, 1.807) is 0 Å². The van der Waals surface area contributed by atoms with E-state index in [0.717, 1.165) is 6.42 Å². The van der Waals surface area contributed by atoms with E-state index in [2.05, 4.69) is 20.4 Å². The van der Waals surface area contributed by atoms with Crippen LogP contribution in [0.2, 0.25) is 0 Å². The second-order valence-corrected chi connectivity index (χ2v) is 7.03. The van der Waals surface area contributed by atoms with E-state index in [0.29, 0.717) is 32.1 Å². The van der Waals surface area contributed by atoms with E-state index in [1.165, 1.54) is 0 Å².